The van der Waals surface area contributed by atoms with Crippen LogP contribution in [0.3, 0.4) is 0 Å². The number of aliphatic carboxylic acids is 1. The Bertz CT molecular complexity index is 345. The lowest BCUT2D eigenvalue weighted by molar-refractivity contribution is -0.144. The van der Waals surface area contributed by atoms with Gasteiger partial charge in [0.25, 0.3) is 0 Å². The molecule has 1 heterocycles. The van der Waals surface area contributed by atoms with Gasteiger partial charge in [-0.15, -0.1) is 0 Å². The topological polar surface area (TPSA) is 69.6 Å². The van der Waals surface area contributed by atoms with Crippen LogP contribution in [-0.4, -0.2) is 46.6 Å². The molecule has 0 aromatic rings. The maximum atomic E-state index is 12.4. The second-order valence-corrected chi connectivity index (χ2v) is 6.79. The van der Waals surface area contributed by atoms with Gasteiger partial charge in [0.15, 0.2) is 0 Å². The van der Waals surface area contributed by atoms with Crippen molar-refractivity contribution in [3.8, 4) is 0 Å². The van der Waals surface area contributed by atoms with Crippen molar-refractivity contribution >= 4 is 11.9 Å². The van der Waals surface area contributed by atoms with E-state index in [-0.39, 0.29) is 23.3 Å². The second-order valence-electron chi connectivity index (χ2n) is 6.79. The molecule has 1 unspecified atom stereocenters. The molecule has 0 aromatic heterocycles. The van der Waals surface area contributed by atoms with Crippen LogP contribution in [0.1, 0.15) is 41.0 Å². The summed E-state index contributed by atoms with van der Waals surface area (Å²) in [7, 11) is 0. The van der Waals surface area contributed by atoms with Crippen molar-refractivity contribution in [1.82, 2.24) is 10.2 Å². The summed E-state index contributed by atoms with van der Waals surface area (Å²) in [5, 5.41) is 12.0. The van der Waals surface area contributed by atoms with E-state index in [1.807, 2.05) is 20.8 Å². The van der Waals surface area contributed by atoms with Crippen LogP contribution >= 0.6 is 0 Å². The highest BCUT2D eigenvalue weighted by Crippen LogP contribution is 2.26. The lowest BCUT2D eigenvalue weighted by atomic mass is 9.91. The molecule has 5 nitrogen and oxygen atoms in total. The van der Waals surface area contributed by atoms with Crippen molar-refractivity contribution in [2.24, 2.45) is 5.41 Å². The lowest BCUT2D eigenvalue weighted by Crippen LogP contribution is -2.52. The summed E-state index contributed by atoms with van der Waals surface area (Å²) in [6.45, 7) is 11.4. The molecule has 0 radical (unpaired) electrons. The molecular weight excluding hydrogens is 232 g/mol. The van der Waals surface area contributed by atoms with Crippen LogP contribution in [-0.2, 0) is 9.59 Å². The zero-order chi connectivity index (χ0) is 14.1. The molecule has 0 aromatic carbocycles. The fraction of sp³-hybridized carbons (Fsp3) is 0.846. The highest BCUT2D eigenvalue weighted by Gasteiger charge is 2.39. The number of carboxylic acids is 1. The monoisotopic (exact) mass is 256 g/mol. The number of nitrogens with one attached hydrogen (secondary N) is 1. The highest BCUT2D eigenvalue weighted by molar-refractivity contribution is 5.87. The Morgan fingerprint density at radius 1 is 1.50 bits per heavy atom. The number of hydrogen-bond donors (Lipinski definition) is 2. The second kappa shape index (κ2) is 4.88. The summed E-state index contributed by atoms with van der Waals surface area (Å²) < 4.78 is 0. The minimum absolute atomic E-state index is 0.0593. The molecule has 0 saturated carbocycles. The number of carbonyl (C=O) groups is 2. The molecule has 1 aliphatic heterocycles. The van der Waals surface area contributed by atoms with Crippen molar-refractivity contribution in [3.05, 3.63) is 0 Å². The Kier molecular flexibility index (Phi) is 4.05. The van der Waals surface area contributed by atoms with E-state index in [0.29, 0.717) is 13.1 Å². The molecule has 1 rings (SSSR count). The van der Waals surface area contributed by atoms with Gasteiger partial charge in [0.2, 0.25) is 5.91 Å². The standard InChI is InChI=1S/C13H24N2O3/c1-12(2,3)15-8-13(4,5)7-14-9(11(15)18)6-10(16)17/h9,14H,6-8H2,1-5H3,(H,16,17). The Balaban J connectivity index is 3.00. The average molecular weight is 256 g/mol. The largest absolute Gasteiger partial charge is 0.481 e. The van der Waals surface area contributed by atoms with Crippen LogP contribution in [0.4, 0.5) is 0 Å². The third-order valence-electron chi connectivity index (χ3n) is 3.17. The van der Waals surface area contributed by atoms with E-state index in [1.165, 1.54) is 0 Å². The predicted molar refractivity (Wildman–Crippen MR) is 69.3 cm³/mol. The normalized spacial score (nSPS) is 24.8. The third-order valence-corrected chi connectivity index (χ3v) is 3.17. The molecule has 1 fully saturated rings. The van der Waals surface area contributed by atoms with Gasteiger partial charge in [-0.3, -0.25) is 9.59 Å². The van der Waals surface area contributed by atoms with E-state index in [9.17, 15) is 9.59 Å². The summed E-state index contributed by atoms with van der Waals surface area (Å²) >= 11 is 0. The summed E-state index contributed by atoms with van der Waals surface area (Å²) in [6.07, 6.45) is -0.165. The molecule has 18 heavy (non-hydrogen) atoms. The van der Waals surface area contributed by atoms with Crippen LogP contribution in [0.5, 0.6) is 0 Å². The number of hydrogen-bond acceptors (Lipinski definition) is 3. The number of carboxylic acid groups (broad SMARTS) is 1. The summed E-state index contributed by atoms with van der Waals surface area (Å²) in [5.74, 6) is -1.06. The molecule has 5 heteroatoms. The van der Waals surface area contributed by atoms with Gasteiger partial charge < -0.3 is 15.3 Å². The summed E-state index contributed by atoms with van der Waals surface area (Å²) in [6, 6.07) is -0.622. The zero-order valence-corrected chi connectivity index (χ0v) is 11.9. The molecular formula is C13H24N2O3. The van der Waals surface area contributed by atoms with Crippen LogP contribution in [0.15, 0.2) is 0 Å². The zero-order valence-electron chi connectivity index (χ0n) is 11.9. The SMILES string of the molecule is CC1(C)CNC(CC(=O)O)C(=O)N(C(C)(C)C)C1. The third kappa shape index (κ3) is 3.70. The van der Waals surface area contributed by atoms with E-state index >= 15 is 0 Å². The average Bonchev–Trinajstić information content (AvgIpc) is 2.27. The summed E-state index contributed by atoms with van der Waals surface area (Å²) in [4.78, 5) is 25.0. The Hall–Kier alpha value is -1.10. The van der Waals surface area contributed by atoms with E-state index in [1.54, 1.807) is 4.90 Å². The molecule has 104 valence electrons. The Morgan fingerprint density at radius 2 is 2.06 bits per heavy atom. The molecule has 1 atom stereocenters. The van der Waals surface area contributed by atoms with Gasteiger partial charge in [0.1, 0.15) is 0 Å². The van der Waals surface area contributed by atoms with Crippen molar-refractivity contribution < 1.29 is 14.7 Å². The maximum Gasteiger partial charge on any atom is 0.305 e. The van der Waals surface area contributed by atoms with Gasteiger partial charge >= 0.3 is 5.97 Å². The molecule has 1 saturated heterocycles. The van der Waals surface area contributed by atoms with Crippen LogP contribution in [0.2, 0.25) is 0 Å². The van der Waals surface area contributed by atoms with Crippen molar-refractivity contribution in [2.75, 3.05) is 13.1 Å². The number of nitrogens with zero attached hydrogens (tertiary/aromatic N) is 1. The molecule has 1 aliphatic rings. The van der Waals surface area contributed by atoms with E-state index in [4.69, 9.17) is 5.11 Å². The van der Waals surface area contributed by atoms with Crippen LogP contribution in [0, 0.1) is 5.41 Å². The van der Waals surface area contributed by atoms with Gasteiger partial charge in [-0.05, 0) is 26.2 Å². The quantitative estimate of drug-likeness (QED) is 0.776. The molecule has 0 aliphatic carbocycles. The lowest BCUT2D eigenvalue weighted by Gasteiger charge is -2.39. The van der Waals surface area contributed by atoms with Gasteiger partial charge in [-0.25, -0.2) is 0 Å². The van der Waals surface area contributed by atoms with Crippen molar-refractivity contribution in [3.63, 3.8) is 0 Å². The summed E-state index contributed by atoms with van der Waals surface area (Å²) in [5.41, 5.74) is -0.354. The minimum atomic E-state index is -0.950. The minimum Gasteiger partial charge on any atom is -0.481 e. The Labute approximate surface area is 109 Å². The highest BCUT2D eigenvalue weighted by atomic mass is 16.4. The van der Waals surface area contributed by atoms with Gasteiger partial charge in [-0.1, -0.05) is 13.8 Å². The fourth-order valence-electron chi connectivity index (χ4n) is 2.14. The molecule has 0 bridgehead atoms. The first-order valence-electron chi connectivity index (χ1n) is 6.30. The number of carbonyl (C=O) groups excluding carboxylic acids is 1. The number of amides is 1. The van der Waals surface area contributed by atoms with Crippen LogP contribution in [0.25, 0.3) is 0 Å². The first kappa shape index (κ1) is 15.0. The van der Waals surface area contributed by atoms with E-state index in [2.05, 4.69) is 19.2 Å². The van der Waals surface area contributed by atoms with Gasteiger partial charge in [-0.2, -0.15) is 0 Å². The Morgan fingerprint density at radius 3 is 2.50 bits per heavy atom. The maximum absolute atomic E-state index is 12.4. The first-order chi connectivity index (χ1) is 8.03. The molecule has 0 spiro atoms. The van der Waals surface area contributed by atoms with Crippen LogP contribution < -0.4 is 5.32 Å². The number of rotatable bonds is 2. The van der Waals surface area contributed by atoms with Gasteiger partial charge in [0, 0.05) is 18.6 Å². The smallest absolute Gasteiger partial charge is 0.305 e. The first-order valence-corrected chi connectivity index (χ1v) is 6.30. The molecule has 1 amide bonds. The van der Waals surface area contributed by atoms with Crippen molar-refractivity contribution in [2.45, 2.75) is 52.6 Å². The fourth-order valence-corrected chi connectivity index (χ4v) is 2.14. The van der Waals surface area contributed by atoms with Crippen molar-refractivity contribution in [1.29, 1.82) is 0 Å². The predicted octanol–water partition coefficient (Wildman–Crippen LogP) is 1.09. The van der Waals surface area contributed by atoms with Gasteiger partial charge in [0.05, 0.1) is 12.5 Å². The molecule has 2 N–H and O–H groups in total. The van der Waals surface area contributed by atoms with E-state index < -0.39 is 12.0 Å². The van der Waals surface area contributed by atoms with E-state index in [0.717, 1.165) is 0 Å².